The van der Waals surface area contributed by atoms with E-state index in [0.717, 1.165) is 16.7 Å². The Morgan fingerprint density at radius 1 is 0.730 bits per heavy atom. The van der Waals surface area contributed by atoms with Crippen molar-refractivity contribution in [1.29, 1.82) is 5.26 Å². The highest BCUT2D eigenvalue weighted by molar-refractivity contribution is 5.15. The number of nitrogens with zero attached hydrogens (tertiary/aromatic N) is 1. The molecule has 7 heteroatoms. The number of hydrogen-bond acceptors (Lipinski definition) is 7. The number of nitriles is 1. The van der Waals surface area contributed by atoms with E-state index in [4.69, 9.17) is 28.9 Å². The molecule has 0 bridgehead atoms. The maximum atomic E-state index is 11.1. The van der Waals surface area contributed by atoms with E-state index in [1.165, 1.54) is 0 Å². The molecule has 0 aliphatic carbocycles. The summed E-state index contributed by atoms with van der Waals surface area (Å²) in [7, 11) is 0. The van der Waals surface area contributed by atoms with Gasteiger partial charge in [0.2, 0.25) is 0 Å². The molecule has 0 aromatic heterocycles. The zero-order chi connectivity index (χ0) is 25.7. The van der Waals surface area contributed by atoms with Gasteiger partial charge in [0.05, 0.1) is 45.5 Å². The fourth-order valence-electron chi connectivity index (χ4n) is 4.18. The third-order valence-corrected chi connectivity index (χ3v) is 6.05. The van der Waals surface area contributed by atoms with E-state index in [-0.39, 0.29) is 19.6 Å². The predicted molar refractivity (Wildman–Crippen MR) is 137 cm³/mol. The van der Waals surface area contributed by atoms with E-state index in [2.05, 4.69) is 6.07 Å². The first-order valence-electron chi connectivity index (χ1n) is 12.5. The van der Waals surface area contributed by atoms with E-state index in [9.17, 15) is 5.11 Å². The van der Waals surface area contributed by atoms with Crippen LogP contribution in [0.2, 0.25) is 0 Å². The molecule has 1 aliphatic heterocycles. The zero-order valence-electron chi connectivity index (χ0n) is 20.7. The molecule has 37 heavy (non-hydrogen) atoms. The Morgan fingerprint density at radius 3 is 1.78 bits per heavy atom. The fraction of sp³-hybridized carbons (Fsp3) is 0.367. The van der Waals surface area contributed by atoms with E-state index in [1.54, 1.807) is 0 Å². The van der Waals surface area contributed by atoms with Crippen molar-refractivity contribution in [2.75, 3.05) is 13.2 Å². The summed E-state index contributed by atoms with van der Waals surface area (Å²) in [6.07, 6.45) is -3.53. The van der Waals surface area contributed by atoms with Crippen molar-refractivity contribution in [3.8, 4) is 6.07 Å². The average molecular weight is 504 g/mol. The van der Waals surface area contributed by atoms with E-state index < -0.39 is 30.7 Å². The third-order valence-electron chi connectivity index (χ3n) is 6.05. The molecule has 3 aromatic carbocycles. The molecule has 194 valence electrons. The molecule has 1 heterocycles. The number of ether oxygens (including phenoxy) is 5. The minimum absolute atomic E-state index is 0.0566. The SMILES string of the molecule is N#CCCO[C@H]1O[C@@H]([C@H](O)COCc2ccccc2)[C@H](OCc2ccccc2)[C@H]1OCc1ccccc1. The quantitative estimate of drug-likeness (QED) is 0.326. The zero-order valence-corrected chi connectivity index (χ0v) is 20.7. The summed E-state index contributed by atoms with van der Waals surface area (Å²) >= 11 is 0. The molecular weight excluding hydrogens is 470 g/mol. The monoisotopic (exact) mass is 503 g/mol. The summed E-state index contributed by atoms with van der Waals surface area (Å²) in [5, 5.41) is 20.1. The Balaban J connectivity index is 1.47. The van der Waals surface area contributed by atoms with Crippen molar-refractivity contribution in [2.24, 2.45) is 0 Å². The van der Waals surface area contributed by atoms with Gasteiger partial charge in [0.15, 0.2) is 6.29 Å². The molecule has 1 aliphatic rings. The van der Waals surface area contributed by atoms with Crippen LogP contribution in [0.3, 0.4) is 0 Å². The lowest BCUT2D eigenvalue weighted by Crippen LogP contribution is -2.44. The molecule has 7 nitrogen and oxygen atoms in total. The first kappa shape index (κ1) is 27.0. The van der Waals surface area contributed by atoms with Crippen LogP contribution in [0.1, 0.15) is 23.1 Å². The Kier molecular flexibility index (Phi) is 10.6. The van der Waals surface area contributed by atoms with Gasteiger partial charge in [0.1, 0.15) is 24.4 Å². The van der Waals surface area contributed by atoms with Crippen molar-refractivity contribution < 1.29 is 28.8 Å². The van der Waals surface area contributed by atoms with Gasteiger partial charge in [-0.05, 0) is 16.7 Å². The topological polar surface area (TPSA) is 90.2 Å². The minimum atomic E-state index is -0.975. The van der Waals surface area contributed by atoms with Gasteiger partial charge in [-0.3, -0.25) is 0 Å². The molecule has 0 saturated carbocycles. The van der Waals surface area contributed by atoms with Crippen LogP contribution in [0.4, 0.5) is 0 Å². The van der Waals surface area contributed by atoms with Crippen LogP contribution in [-0.2, 0) is 43.5 Å². The highest BCUT2D eigenvalue weighted by Crippen LogP contribution is 2.31. The molecule has 0 spiro atoms. The number of benzene rings is 3. The number of aliphatic hydroxyl groups is 1. The van der Waals surface area contributed by atoms with Gasteiger partial charge < -0.3 is 28.8 Å². The predicted octanol–water partition coefficient (Wildman–Crippen LogP) is 4.39. The van der Waals surface area contributed by atoms with E-state index in [1.807, 2.05) is 91.0 Å². The molecule has 0 radical (unpaired) electrons. The first-order valence-corrected chi connectivity index (χ1v) is 12.5. The Hall–Kier alpha value is -3.09. The van der Waals surface area contributed by atoms with Crippen molar-refractivity contribution in [3.05, 3.63) is 108 Å². The van der Waals surface area contributed by atoms with Crippen LogP contribution >= 0.6 is 0 Å². The van der Waals surface area contributed by atoms with Gasteiger partial charge in [0.25, 0.3) is 0 Å². The highest BCUT2D eigenvalue weighted by atomic mass is 16.7. The van der Waals surface area contributed by atoms with Crippen LogP contribution < -0.4 is 0 Å². The molecule has 0 unspecified atom stereocenters. The summed E-state index contributed by atoms with van der Waals surface area (Å²) in [6.45, 7) is 1.26. The van der Waals surface area contributed by atoms with Crippen molar-refractivity contribution >= 4 is 0 Å². The van der Waals surface area contributed by atoms with Crippen LogP contribution in [0.5, 0.6) is 0 Å². The lowest BCUT2D eigenvalue weighted by atomic mass is 10.1. The Labute approximate surface area is 218 Å². The first-order chi connectivity index (χ1) is 18.2. The molecular formula is C30H33NO6. The summed E-state index contributed by atoms with van der Waals surface area (Å²) in [5.41, 5.74) is 3.00. The fourth-order valence-corrected chi connectivity index (χ4v) is 4.18. The molecule has 1 fully saturated rings. The summed E-state index contributed by atoms with van der Waals surface area (Å²) in [4.78, 5) is 0. The van der Waals surface area contributed by atoms with Crippen LogP contribution in [-0.4, -0.2) is 49.0 Å². The smallest absolute Gasteiger partial charge is 0.187 e. The van der Waals surface area contributed by atoms with Crippen molar-refractivity contribution in [3.63, 3.8) is 0 Å². The Bertz CT molecular complexity index is 1080. The third kappa shape index (κ3) is 8.20. The second-order valence-electron chi connectivity index (χ2n) is 8.84. The number of aliphatic hydroxyl groups excluding tert-OH is 1. The number of hydrogen-bond donors (Lipinski definition) is 1. The van der Waals surface area contributed by atoms with Crippen LogP contribution in [0.25, 0.3) is 0 Å². The van der Waals surface area contributed by atoms with Crippen molar-refractivity contribution in [1.82, 2.24) is 0 Å². The summed E-state index contributed by atoms with van der Waals surface area (Å²) in [6, 6.07) is 31.5. The van der Waals surface area contributed by atoms with Gasteiger partial charge in [-0.2, -0.15) is 5.26 Å². The second kappa shape index (κ2) is 14.6. The van der Waals surface area contributed by atoms with Gasteiger partial charge in [-0.1, -0.05) is 91.0 Å². The highest BCUT2D eigenvalue weighted by Gasteiger charge is 2.50. The molecule has 4 rings (SSSR count). The van der Waals surface area contributed by atoms with Gasteiger partial charge in [-0.25, -0.2) is 0 Å². The van der Waals surface area contributed by atoms with Gasteiger partial charge >= 0.3 is 0 Å². The summed E-state index contributed by atoms with van der Waals surface area (Å²) in [5.74, 6) is 0. The second-order valence-corrected chi connectivity index (χ2v) is 8.84. The lowest BCUT2D eigenvalue weighted by molar-refractivity contribution is -0.191. The molecule has 1 saturated heterocycles. The normalized spacial score (nSPS) is 21.9. The summed E-state index contributed by atoms with van der Waals surface area (Å²) < 4.78 is 30.4. The molecule has 5 atom stereocenters. The minimum Gasteiger partial charge on any atom is -0.388 e. The molecule has 1 N–H and O–H groups in total. The number of rotatable bonds is 14. The lowest BCUT2D eigenvalue weighted by Gasteiger charge is -2.26. The van der Waals surface area contributed by atoms with E-state index >= 15 is 0 Å². The van der Waals surface area contributed by atoms with Gasteiger partial charge in [0, 0.05) is 0 Å². The maximum absolute atomic E-state index is 11.1. The maximum Gasteiger partial charge on any atom is 0.187 e. The van der Waals surface area contributed by atoms with Crippen LogP contribution in [0.15, 0.2) is 91.0 Å². The average Bonchev–Trinajstić information content (AvgIpc) is 3.29. The standard InChI is InChI=1S/C30H33NO6/c31-17-10-18-34-30-29(36-21-25-15-8-3-9-16-25)28(35-20-24-13-6-2-7-14-24)27(37-30)26(32)22-33-19-23-11-4-1-5-12-23/h1-9,11-16,26-30,32H,10,18-22H2/t26-,27+,28+,29-,30+/m1/s1. The van der Waals surface area contributed by atoms with Gasteiger partial charge in [-0.15, -0.1) is 0 Å². The molecule has 0 amide bonds. The largest absolute Gasteiger partial charge is 0.388 e. The molecule has 3 aromatic rings. The van der Waals surface area contributed by atoms with Crippen LogP contribution in [0, 0.1) is 11.3 Å². The van der Waals surface area contributed by atoms with Crippen molar-refractivity contribution in [2.45, 2.75) is 56.9 Å². The van der Waals surface area contributed by atoms with E-state index in [0.29, 0.717) is 19.8 Å². The Morgan fingerprint density at radius 2 is 1.24 bits per heavy atom.